The summed E-state index contributed by atoms with van der Waals surface area (Å²) in [5.74, 6) is -0.147. The first-order valence-electron chi connectivity index (χ1n) is 10.6. The molecule has 4 rings (SSSR count). The summed E-state index contributed by atoms with van der Waals surface area (Å²) in [6.07, 6.45) is 5.97. The van der Waals surface area contributed by atoms with Gasteiger partial charge in [0, 0.05) is 60.8 Å². The number of aromatic nitrogens is 2. The molecule has 0 spiro atoms. The van der Waals surface area contributed by atoms with E-state index in [0.29, 0.717) is 18.7 Å². The highest BCUT2D eigenvalue weighted by atomic mass is 16.2. The molecule has 1 aromatic carbocycles. The zero-order valence-electron chi connectivity index (χ0n) is 18.3. The number of amides is 2. The van der Waals surface area contributed by atoms with E-state index in [-0.39, 0.29) is 11.8 Å². The number of pyridine rings is 1. The van der Waals surface area contributed by atoms with E-state index in [2.05, 4.69) is 20.6 Å². The maximum atomic E-state index is 12.1. The molecule has 32 heavy (non-hydrogen) atoms. The van der Waals surface area contributed by atoms with Gasteiger partial charge in [-0.15, -0.1) is 0 Å². The molecule has 3 N–H and O–H groups in total. The average molecular weight is 430 g/mol. The standard InChI is InChI=1S/C25H27N5O2/c1-30(2)12-4-7-24(31)28-16-17-5-3-6-18(13-17)22-14-19(8-10-26-22)23-15-20-21(29-23)9-11-27-25(20)32/h3-8,10,13-15,29H,9,11-12,16H2,1-2H3,(H,27,32)(H,28,31)/b7-4+. The van der Waals surface area contributed by atoms with Crippen LogP contribution in [0.25, 0.3) is 22.5 Å². The molecule has 2 amide bonds. The molecule has 1 aliphatic rings. The van der Waals surface area contributed by atoms with Crippen LogP contribution in [-0.2, 0) is 17.8 Å². The molecule has 0 bridgehead atoms. The van der Waals surface area contributed by atoms with Crippen molar-refractivity contribution >= 4 is 11.8 Å². The molecule has 7 nitrogen and oxygen atoms in total. The van der Waals surface area contributed by atoms with Gasteiger partial charge in [0.05, 0.1) is 11.3 Å². The minimum Gasteiger partial charge on any atom is -0.358 e. The van der Waals surface area contributed by atoms with Crippen molar-refractivity contribution in [3.05, 3.63) is 77.6 Å². The Hall–Kier alpha value is -3.71. The summed E-state index contributed by atoms with van der Waals surface area (Å²) in [7, 11) is 3.91. The molecule has 164 valence electrons. The van der Waals surface area contributed by atoms with Crippen molar-refractivity contribution in [1.82, 2.24) is 25.5 Å². The number of rotatable bonds is 7. The number of nitrogens with zero attached hydrogens (tertiary/aromatic N) is 2. The Labute approximate surface area is 187 Å². The molecule has 3 heterocycles. The van der Waals surface area contributed by atoms with E-state index < -0.39 is 0 Å². The first-order valence-corrected chi connectivity index (χ1v) is 10.6. The third-order valence-corrected chi connectivity index (χ3v) is 5.30. The molecule has 0 atom stereocenters. The number of H-pyrrole nitrogens is 1. The molecule has 0 fully saturated rings. The van der Waals surface area contributed by atoms with Gasteiger partial charge in [0.25, 0.3) is 5.91 Å². The number of likely N-dealkylation sites (N-methyl/N-ethyl adjacent to an activating group) is 1. The largest absolute Gasteiger partial charge is 0.358 e. The molecular formula is C25H27N5O2. The predicted molar refractivity (Wildman–Crippen MR) is 125 cm³/mol. The smallest absolute Gasteiger partial charge is 0.253 e. The summed E-state index contributed by atoms with van der Waals surface area (Å²) in [4.78, 5) is 34.0. The van der Waals surface area contributed by atoms with Crippen molar-refractivity contribution in [2.45, 2.75) is 13.0 Å². The second-order valence-electron chi connectivity index (χ2n) is 8.09. The van der Waals surface area contributed by atoms with Crippen molar-refractivity contribution < 1.29 is 9.59 Å². The van der Waals surface area contributed by atoms with Gasteiger partial charge in [0.1, 0.15) is 0 Å². The quantitative estimate of drug-likeness (QED) is 0.504. The summed E-state index contributed by atoms with van der Waals surface area (Å²) >= 11 is 0. The highest BCUT2D eigenvalue weighted by Gasteiger charge is 2.20. The molecule has 0 aliphatic carbocycles. The lowest BCUT2D eigenvalue weighted by molar-refractivity contribution is -0.116. The summed E-state index contributed by atoms with van der Waals surface area (Å²) in [6.45, 7) is 1.82. The fourth-order valence-corrected chi connectivity index (χ4v) is 3.66. The van der Waals surface area contributed by atoms with Crippen molar-refractivity contribution in [2.24, 2.45) is 0 Å². The van der Waals surface area contributed by atoms with Gasteiger partial charge in [-0.05, 0) is 43.9 Å². The molecular weight excluding hydrogens is 402 g/mol. The molecule has 0 saturated heterocycles. The van der Waals surface area contributed by atoms with Gasteiger partial charge in [-0.25, -0.2) is 0 Å². The molecule has 0 saturated carbocycles. The number of benzene rings is 1. The Kier molecular flexibility index (Phi) is 6.47. The van der Waals surface area contributed by atoms with Crippen molar-refractivity contribution in [3.8, 4) is 22.5 Å². The number of aromatic amines is 1. The van der Waals surface area contributed by atoms with Crippen molar-refractivity contribution in [1.29, 1.82) is 0 Å². The number of hydrogen-bond acceptors (Lipinski definition) is 4. The van der Waals surface area contributed by atoms with E-state index in [4.69, 9.17) is 0 Å². The fourth-order valence-electron chi connectivity index (χ4n) is 3.66. The van der Waals surface area contributed by atoms with Gasteiger partial charge in [-0.2, -0.15) is 0 Å². The third-order valence-electron chi connectivity index (χ3n) is 5.30. The fraction of sp³-hybridized carbons (Fsp3) is 0.240. The molecule has 3 aromatic rings. The van der Waals surface area contributed by atoms with Gasteiger partial charge in [-0.3, -0.25) is 14.6 Å². The molecule has 2 aromatic heterocycles. The normalized spacial score (nSPS) is 13.3. The lowest BCUT2D eigenvalue weighted by Crippen LogP contribution is -2.31. The van der Waals surface area contributed by atoms with Crippen LogP contribution < -0.4 is 10.6 Å². The number of hydrogen-bond donors (Lipinski definition) is 3. The van der Waals surface area contributed by atoms with E-state index in [0.717, 1.165) is 46.7 Å². The van der Waals surface area contributed by atoms with E-state index >= 15 is 0 Å². The predicted octanol–water partition coefficient (Wildman–Crippen LogP) is 2.76. The second-order valence-corrected chi connectivity index (χ2v) is 8.09. The molecule has 0 unspecified atom stereocenters. The van der Waals surface area contributed by atoms with Gasteiger partial charge >= 0.3 is 0 Å². The highest BCUT2D eigenvalue weighted by molar-refractivity contribution is 5.97. The van der Waals surface area contributed by atoms with Crippen LogP contribution in [0.1, 0.15) is 21.6 Å². The Morgan fingerprint density at radius 1 is 1.19 bits per heavy atom. The zero-order chi connectivity index (χ0) is 22.5. The minimum atomic E-state index is -0.114. The summed E-state index contributed by atoms with van der Waals surface area (Å²) in [6, 6.07) is 13.8. The van der Waals surface area contributed by atoms with E-state index in [9.17, 15) is 9.59 Å². The van der Waals surface area contributed by atoms with Crippen LogP contribution in [0.5, 0.6) is 0 Å². The third kappa shape index (κ3) is 5.12. The number of carbonyl (C=O) groups is 2. The Morgan fingerprint density at radius 2 is 2.06 bits per heavy atom. The van der Waals surface area contributed by atoms with E-state index in [1.54, 1.807) is 12.3 Å². The lowest BCUT2D eigenvalue weighted by Gasteiger charge is -2.11. The lowest BCUT2D eigenvalue weighted by atomic mass is 10.0. The monoisotopic (exact) mass is 429 g/mol. The van der Waals surface area contributed by atoms with Crippen LogP contribution in [0.2, 0.25) is 0 Å². The number of nitrogens with one attached hydrogen (secondary N) is 3. The summed E-state index contributed by atoms with van der Waals surface area (Å²) in [5, 5.41) is 5.79. The van der Waals surface area contributed by atoms with Gasteiger partial charge in [0.2, 0.25) is 5.91 Å². The maximum absolute atomic E-state index is 12.1. The Balaban J connectivity index is 1.49. The van der Waals surface area contributed by atoms with Crippen LogP contribution in [0.15, 0.2) is 60.8 Å². The topological polar surface area (TPSA) is 90.1 Å². The summed E-state index contributed by atoms with van der Waals surface area (Å²) < 4.78 is 0. The van der Waals surface area contributed by atoms with Crippen LogP contribution in [0.3, 0.4) is 0 Å². The average Bonchev–Trinajstić information content (AvgIpc) is 3.24. The van der Waals surface area contributed by atoms with Crippen LogP contribution in [0.4, 0.5) is 0 Å². The van der Waals surface area contributed by atoms with Gasteiger partial charge in [0.15, 0.2) is 0 Å². The first-order chi connectivity index (χ1) is 15.5. The highest BCUT2D eigenvalue weighted by Crippen LogP contribution is 2.27. The van der Waals surface area contributed by atoms with Crippen molar-refractivity contribution in [3.63, 3.8) is 0 Å². The Morgan fingerprint density at radius 3 is 2.88 bits per heavy atom. The Bertz CT molecular complexity index is 1160. The molecule has 7 heteroatoms. The molecule has 1 aliphatic heterocycles. The first kappa shape index (κ1) is 21.5. The number of fused-ring (bicyclic) bond motifs is 1. The van der Waals surface area contributed by atoms with Crippen LogP contribution >= 0.6 is 0 Å². The van der Waals surface area contributed by atoms with E-state index in [1.807, 2.05) is 67.5 Å². The van der Waals surface area contributed by atoms with Crippen LogP contribution in [0, 0.1) is 0 Å². The zero-order valence-corrected chi connectivity index (χ0v) is 18.3. The van der Waals surface area contributed by atoms with Gasteiger partial charge < -0.3 is 20.5 Å². The molecule has 0 radical (unpaired) electrons. The maximum Gasteiger partial charge on any atom is 0.253 e. The second kappa shape index (κ2) is 9.62. The summed E-state index contributed by atoms with van der Waals surface area (Å²) in [5.41, 5.74) is 6.36. The number of carbonyl (C=O) groups excluding carboxylic acids is 2. The van der Waals surface area contributed by atoms with Crippen LogP contribution in [-0.4, -0.2) is 53.9 Å². The van der Waals surface area contributed by atoms with Crippen molar-refractivity contribution in [2.75, 3.05) is 27.2 Å². The van der Waals surface area contributed by atoms with Gasteiger partial charge in [-0.1, -0.05) is 24.3 Å². The SMILES string of the molecule is CN(C)C/C=C/C(=O)NCc1cccc(-c2cc(-c3cc4c([nH]3)CCNC4=O)ccn2)c1. The minimum absolute atomic E-state index is 0.0330. The van der Waals surface area contributed by atoms with E-state index in [1.165, 1.54) is 0 Å².